The largest absolute Gasteiger partial charge is 0.310 e. The van der Waals surface area contributed by atoms with Crippen LogP contribution in [0.5, 0.6) is 0 Å². The highest BCUT2D eigenvalue weighted by Crippen LogP contribution is 2.24. The van der Waals surface area contributed by atoms with Gasteiger partial charge in [0.25, 0.3) is 0 Å². The van der Waals surface area contributed by atoms with Gasteiger partial charge in [-0.15, -0.1) is 0 Å². The van der Waals surface area contributed by atoms with Crippen molar-refractivity contribution in [2.75, 3.05) is 39.4 Å². The van der Waals surface area contributed by atoms with Gasteiger partial charge in [-0.25, -0.2) is 0 Å². The molecule has 1 spiro atoms. The van der Waals surface area contributed by atoms with Gasteiger partial charge in [-0.2, -0.15) is 0 Å². The molecule has 0 radical (unpaired) electrons. The van der Waals surface area contributed by atoms with Crippen LogP contribution >= 0.6 is 0 Å². The molecular weight excluding hydrogens is 148 g/mol. The number of hydrogen-bond donors (Lipinski definition) is 0. The predicted molar refractivity (Wildman–Crippen MR) is 50.8 cm³/mol. The van der Waals surface area contributed by atoms with Crippen molar-refractivity contribution >= 4 is 0 Å². The topological polar surface area (TPSA) is 3.24 Å². The maximum Gasteiger partial charge on any atom is 0.135 e. The number of nitrogens with zero attached hydrogens (tertiary/aromatic N) is 2. The van der Waals surface area contributed by atoms with Gasteiger partial charge < -0.3 is 4.48 Å². The van der Waals surface area contributed by atoms with E-state index < -0.39 is 0 Å². The number of quaternary nitrogens is 1. The fourth-order valence-electron chi connectivity index (χ4n) is 2.79. The summed E-state index contributed by atoms with van der Waals surface area (Å²) in [4.78, 5) is 2.64. The Morgan fingerprint density at radius 3 is 2.58 bits per heavy atom. The van der Waals surface area contributed by atoms with Gasteiger partial charge in [0, 0.05) is 19.4 Å². The van der Waals surface area contributed by atoms with E-state index in [1.165, 1.54) is 63.1 Å². The molecule has 12 heavy (non-hydrogen) atoms. The molecule has 70 valence electrons. The van der Waals surface area contributed by atoms with E-state index in [0.717, 1.165) is 0 Å². The zero-order valence-electron chi connectivity index (χ0n) is 8.26. The van der Waals surface area contributed by atoms with Crippen LogP contribution in [0.15, 0.2) is 0 Å². The summed E-state index contributed by atoms with van der Waals surface area (Å²) in [5, 5.41) is 0. The highest BCUT2D eigenvalue weighted by molar-refractivity contribution is 4.65. The molecule has 2 heteroatoms. The van der Waals surface area contributed by atoms with Crippen LogP contribution in [0.2, 0.25) is 0 Å². The summed E-state index contributed by atoms with van der Waals surface area (Å²) in [5.41, 5.74) is 0. The third-order valence-electron chi connectivity index (χ3n) is 3.45. The number of rotatable bonds is 2. The molecule has 2 saturated heterocycles. The summed E-state index contributed by atoms with van der Waals surface area (Å²) in [5.74, 6) is 0. The van der Waals surface area contributed by atoms with E-state index in [-0.39, 0.29) is 0 Å². The van der Waals surface area contributed by atoms with Crippen LogP contribution in [-0.4, -0.2) is 48.8 Å². The lowest BCUT2D eigenvalue weighted by Crippen LogP contribution is -2.44. The van der Waals surface area contributed by atoms with Crippen molar-refractivity contribution in [2.24, 2.45) is 0 Å². The Morgan fingerprint density at radius 1 is 1.17 bits per heavy atom. The maximum absolute atomic E-state index is 2.64. The molecule has 0 atom stereocenters. The molecule has 0 aromatic carbocycles. The van der Waals surface area contributed by atoms with E-state index in [0.29, 0.717) is 0 Å². The SMILES string of the molecule is CCCN1CC[N+]2(CCCC2)C1. The van der Waals surface area contributed by atoms with Crippen LogP contribution in [0, 0.1) is 0 Å². The first-order valence-corrected chi connectivity index (χ1v) is 5.42. The lowest BCUT2D eigenvalue weighted by atomic mass is 10.4. The van der Waals surface area contributed by atoms with Gasteiger partial charge in [-0.05, 0) is 6.42 Å². The fraction of sp³-hybridized carbons (Fsp3) is 1.00. The van der Waals surface area contributed by atoms with Crippen molar-refractivity contribution in [3.8, 4) is 0 Å². The van der Waals surface area contributed by atoms with Crippen LogP contribution in [0.4, 0.5) is 0 Å². The summed E-state index contributed by atoms with van der Waals surface area (Å²) in [7, 11) is 0. The third-order valence-corrected chi connectivity index (χ3v) is 3.45. The lowest BCUT2D eigenvalue weighted by molar-refractivity contribution is -0.909. The normalized spacial score (nSPS) is 28.8. The summed E-state index contributed by atoms with van der Waals surface area (Å²) in [6.45, 7) is 10.7. The van der Waals surface area contributed by atoms with Crippen molar-refractivity contribution in [1.82, 2.24) is 4.90 Å². The minimum Gasteiger partial charge on any atom is -0.310 e. The van der Waals surface area contributed by atoms with E-state index in [1.807, 2.05) is 0 Å². The molecule has 0 unspecified atom stereocenters. The molecule has 0 aromatic rings. The highest BCUT2D eigenvalue weighted by atomic mass is 15.5. The highest BCUT2D eigenvalue weighted by Gasteiger charge is 2.38. The molecule has 2 fully saturated rings. The van der Waals surface area contributed by atoms with Crippen molar-refractivity contribution in [2.45, 2.75) is 26.2 Å². The van der Waals surface area contributed by atoms with Crippen LogP contribution < -0.4 is 0 Å². The Labute approximate surface area is 75.7 Å². The minimum atomic E-state index is 1.32. The van der Waals surface area contributed by atoms with Crippen LogP contribution in [0.1, 0.15) is 26.2 Å². The minimum absolute atomic E-state index is 1.32. The molecule has 2 nitrogen and oxygen atoms in total. The smallest absolute Gasteiger partial charge is 0.135 e. The Hall–Kier alpha value is -0.0800. The van der Waals surface area contributed by atoms with E-state index in [2.05, 4.69) is 11.8 Å². The zero-order chi connectivity index (χ0) is 8.44. The maximum atomic E-state index is 2.64. The Morgan fingerprint density at radius 2 is 1.92 bits per heavy atom. The number of hydrogen-bond acceptors (Lipinski definition) is 1. The van der Waals surface area contributed by atoms with E-state index in [4.69, 9.17) is 0 Å². The fourth-order valence-corrected chi connectivity index (χ4v) is 2.79. The molecule has 2 aliphatic rings. The first kappa shape index (κ1) is 8.52. The first-order chi connectivity index (χ1) is 5.85. The molecule has 0 aromatic heterocycles. The third kappa shape index (κ3) is 1.50. The Bertz CT molecular complexity index is 150. The zero-order valence-corrected chi connectivity index (χ0v) is 8.26. The summed E-state index contributed by atoms with van der Waals surface area (Å²) < 4.78 is 1.43. The van der Waals surface area contributed by atoms with Crippen LogP contribution in [-0.2, 0) is 0 Å². The van der Waals surface area contributed by atoms with Gasteiger partial charge in [0.15, 0.2) is 0 Å². The van der Waals surface area contributed by atoms with Gasteiger partial charge in [-0.3, -0.25) is 4.90 Å². The lowest BCUT2D eigenvalue weighted by Gasteiger charge is -2.28. The van der Waals surface area contributed by atoms with Gasteiger partial charge in [0.2, 0.25) is 0 Å². The Kier molecular flexibility index (Phi) is 2.37. The molecule has 0 amide bonds. The second kappa shape index (κ2) is 3.35. The van der Waals surface area contributed by atoms with Gasteiger partial charge in [-0.1, -0.05) is 6.92 Å². The van der Waals surface area contributed by atoms with Crippen LogP contribution in [0.3, 0.4) is 0 Å². The van der Waals surface area contributed by atoms with E-state index in [1.54, 1.807) is 0 Å². The predicted octanol–water partition coefficient (Wildman–Crippen LogP) is 1.28. The Balaban J connectivity index is 1.88. The van der Waals surface area contributed by atoms with Crippen molar-refractivity contribution in [3.63, 3.8) is 0 Å². The average molecular weight is 169 g/mol. The van der Waals surface area contributed by atoms with E-state index in [9.17, 15) is 0 Å². The molecule has 0 aliphatic carbocycles. The van der Waals surface area contributed by atoms with Gasteiger partial charge in [0.05, 0.1) is 26.2 Å². The second-order valence-corrected chi connectivity index (χ2v) is 4.48. The molecule has 2 rings (SSSR count). The quantitative estimate of drug-likeness (QED) is 0.563. The van der Waals surface area contributed by atoms with Gasteiger partial charge >= 0.3 is 0 Å². The monoisotopic (exact) mass is 169 g/mol. The molecule has 0 saturated carbocycles. The summed E-state index contributed by atoms with van der Waals surface area (Å²) in [6.07, 6.45) is 4.26. The van der Waals surface area contributed by atoms with Crippen molar-refractivity contribution in [1.29, 1.82) is 0 Å². The summed E-state index contributed by atoms with van der Waals surface area (Å²) >= 11 is 0. The van der Waals surface area contributed by atoms with Crippen molar-refractivity contribution < 1.29 is 4.48 Å². The standard InChI is InChI=1S/C10H21N2/c1-2-5-11-6-9-12(10-11)7-3-4-8-12/h2-10H2,1H3/q+1. The molecule has 2 aliphatic heterocycles. The van der Waals surface area contributed by atoms with Crippen LogP contribution in [0.25, 0.3) is 0 Å². The molecule has 0 bridgehead atoms. The molecule has 2 heterocycles. The summed E-state index contributed by atoms with van der Waals surface area (Å²) in [6, 6.07) is 0. The van der Waals surface area contributed by atoms with Crippen molar-refractivity contribution in [3.05, 3.63) is 0 Å². The van der Waals surface area contributed by atoms with E-state index >= 15 is 0 Å². The molecule has 0 N–H and O–H groups in total. The van der Waals surface area contributed by atoms with Gasteiger partial charge in [0.1, 0.15) is 6.67 Å². The first-order valence-electron chi connectivity index (χ1n) is 5.42. The average Bonchev–Trinajstić information content (AvgIpc) is 2.65. The second-order valence-electron chi connectivity index (χ2n) is 4.48. The molecular formula is C10H21N2+.